The summed E-state index contributed by atoms with van der Waals surface area (Å²) in [6.45, 7) is 2.50. The topological polar surface area (TPSA) is 50.8 Å². The van der Waals surface area contributed by atoms with Crippen LogP contribution in [0, 0.1) is 11.7 Å². The zero-order valence-electron chi connectivity index (χ0n) is 13.8. The van der Waals surface area contributed by atoms with Gasteiger partial charge in [-0.15, -0.1) is 0 Å². The molecular weight excluding hydrogens is 311 g/mol. The molecule has 1 aromatic carbocycles. The summed E-state index contributed by atoms with van der Waals surface area (Å²) in [5, 5.41) is 2.97. The van der Waals surface area contributed by atoms with E-state index in [1.807, 2.05) is 0 Å². The highest BCUT2D eigenvalue weighted by Crippen LogP contribution is 2.37. The van der Waals surface area contributed by atoms with Gasteiger partial charge in [-0.2, -0.15) is 0 Å². The fraction of sp³-hybridized carbons (Fsp3) is 0.611. The first kappa shape index (κ1) is 15.8. The predicted octanol–water partition coefficient (Wildman–Crippen LogP) is 1.82. The minimum absolute atomic E-state index is 0.0336. The van der Waals surface area contributed by atoms with Gasteiger partial charge in [0.15, 0.2) is 11.6 Å². The number of carbonyl (C=O) groups is 1. The van der Waals surface area contributed by atoms with Gasteiger partial charge in [-0.1, -0.05) is 6.07 Å². The van der Waals surface area contributed by atoms with Gasteiger partial charge in [-0.25, -0.2) is 4.39 Å². The first-order chi connectivity index (χ1) is 11.7. The van der Waals surface area contributed by atoms with Crippen molar-refractivity contribution in [2.75, 3.05) is 26.8 Å². The molecule has 1 N–H and O–H groups in total. The number of fused-ring (bicyclic) bond motifs is 1. The number of ether oxygens (including phenoxy) is 2. The second-order valence-electron chi connectivity index (χ2n) is 7.04. The van der Waals surface area contributed by atoms with Crippen LogP contribution in [0.15, 0.2) is 18.2 Å². The SMILES string of the molecule is COc1cccc(C(=O)N[C@H]2C[C@H]3CO[C@H](C4CC4)CN3C2)c1F. The lowest BCUT2D eigenvalue weighted by Gasteiger charge is -2.35. The number of rotatable bonds is 4. The maximum absolute atomic E-state index is 14.2. The van der Waals surface area contributed by atoms with E-state index in [1.54, 1.807) is 6.07 Å². The summed E-state index contributed by atoms with van der Waals surface area (Å²) in [7, 11) is 1.39. The van der Waals surface area contributed by atoms with Gasteiger partial charge >= 0.3 is 0 Å². The number of morpholine rings is 1. The van der Waals surface area contributed by atoms with Crippen molar-refractivity contribution >= 4 is 5.91 Å². The maximum atomic E-state index is 14.2. The fourth-order valence-corrected chi connectivity index (χ4v) is 3.86. The standard InChI is InChI=1S/C18H23FN2O3/c1-23-15-4-2-3-14(17(15)19)18(22)20-12-7-13-10-24-16(11-5-6-11)9-21(13)8-12/h2-4,11-13,16H,5-10H2,1H3,(H,20,22)/t12-,13-,16-/m0/s1. The molecule has 0 aromatic heterocycles. The van der Waals surface area contributed by atoms with Crippen LogP contribution in [0.4, 0.5) is 4.39 Å². The molecule has 0 spiro atoms. The lowest BCUT2D eigenvalue weighted by atomic mass is 10.1. The van der Waals surface area contributed by atoms with E-state index in [0.717, 1.165) is 32.0 Å². The molecule has 6 heteroatoms. The second-order valence-corrected chi connectivity index (χ2v) is 7.04. The summed E-state index contributed by atoms with van der Waals surface area (Å²) < 4.78 is 25.1. The molecule has 24 heavy (non-hydrogen) atoms. The monoisotopic (exact) mass is 334 g/mol. The van der Waals surface area contributed by atoms with Gasteiger partial charge in [-0.3, -0.25) is 9.69 Å². The molecule has 2 heterocycles. The molecule has 1 saturated carbocycles. The average molecular weight is 334 g/mol. The molecule has 3 fully saturated rings. The number of amides is 1. The second kappa shape index (κ2) is 6.33. The molecule has 5 nitrogen and oxygen atoms in total. The Morgan fingerprint density at radius 2 is 2.21 bits per heavy atom. The Morgan fingerprint density at radius 1 is 1.38 bits per heavy atom. The largest absolute Gasteiger partial charge is 0.494 e. The van der Waals surface area contributed by atoms with Crippen molar-refractivity contribution in [1.82, 2.24) is 10.2 Å². The van der Waals surface area contributed by atoms with E-state index in [1.165, 1.54) is 32.1 Å². The normalized spacial score (nSPS) is 30.0. The smallest absolute Gasteiger partial charge is 0.254 e. The van der Waals surface area contributed by atoms with Gasteiger partial charge in [0, 0.05) is 25.2 Å². The first-order valence-electron chi connectivity index (χ1n) is 8.64. The van der Waals surface area contributed by atoms with Crippen LogP contribution in [0.2, 0.25) is 0 Å². The molecular formula is C18H23FN2O3. The van der Waals surface area contributed by atoms with E-state index >= 15 is 0 Å². The van der Waals surface area contributed by atoms with Crippen LogP contribution in [0.1, 0.15) is 29.6 Å². The average Bonchev–Trinajstić information content (AvgIpc) is 3.35. The van der Waals surface area contributed by atoms with Crippen LogP contribution < -0.4 is 10.1 Å². The third-order valence-corrected chi connectivity index (χ3v) is 5.36. The Hall–Kier alpha value is -1.66. The predicted molar refractivity (Wildman–Crippen MR) is 86.6 cm³/mol. The Kier molecular flexibility index (Phi) is 4.18. The van der Waals surface area contributed by atoms with E-state index in [4.69, 9.17) is 9.47 Å². The minimum Gasteiger partial charge on any atom is -0.494 e. The summed E-state index contributed by atoms with van der Waals surface area (Å²) in [6, 6.07) is 5.03. The number of carbonyl (C=O) groups excluding carboxylic acids is 1. The molecule has 1 aliphatic carbocycles. The molecule has 0 unspecified atom stereocenters. The highest BCUT2D eigenvalue weighted by Gasteiger charge is 2.42. The van der Waals surface area contributed by atoms with Crippen LogP contribution in [-0.4, -0.2) is 55.8 Å². The number of halogens is 1. The summed E-state index contributed by atoms with van der Waals surface area (Å²) in [6.07, 6.45) is 3.76. The van der Waals surface area contributed by atoms with Crippen LogP contribution in [0.5, 0.6) is 5.75 Å². The summed E-state index contributed by atoms with van der Waals surface area (Å²) in [4.78, 5) is 14.8. The van der Waals surface area contributed by atoms with E-state index in [2.05, 4.69) is 10.2 Å². The molecule has 0 radical (unpaired) electrons. The van der Waals surface area contributed by atoms with Crippen LogP contribution in [0.25, 0.3) is 0 Å². The molecule has 130 valence electrons. The van der Waals surface area contributed by atoms with Crippen molar-refractivity contribution in [1.29, 1.82) is 0 Å². The Bertz CT molecular complexity index is 635. The van der Waals surface area contributed by atoms with Crippen molar-refractivity contribution in [3.8, 4) is 5.75 Å². The van der Waals surface area contributed by atoms with Gasteiger partial charge in [0.2, 0.25) is 0 Å². The molecule has 0 bridgehead atoms. The molecule has 2 aliphatic heterocycles. The number of nitrogens with zero attached hydrogens (tertiary/aromatic N) is 1. The molecule has 3 aliphatic rings. The van der Waals surface area contributed by atoms with E-state index in [-0.39, 0.29) is 23.3 Å². The zero-order valence-corrected chi connectivity index (χ0v) is 13.8. The minimum atomic E-state index is -0.606. The third kappa shape index (κ3) is 3.00. The van der Waals surface area contributed by atoms with Crippen molar-refractivity contribution in [2.45, 2.75) is 37.5 Å². The highest BCUT2D eigenvalue weighted by molar-refractivity contribution is 5.95. The zero-order chi connectivity index (χ0) is 16.7. The molecule has 3 atom stereocenters. The van der Waals surface area contributed by atoms with Crippen LogP contribution >= 0.6 is 0 Å². The summed E-state index contributed by atoms with van der Waals surface area (Å²) in [5.74, 6) is -0.168. The maximum Gasteiger partial charge on any atom is 0.254 e. The Morgan fingerprint density at radius 3 is 2.96 bits per heavy atom. The van der Waals surface area contributed by atoms with E-state index in [9.17, 15) is 9.18 Å². The summed E-state index contributed by atoms with van der Waals surface area (Å²) >= 11 is 0. The van der Waals surface area contributed by atoms with Gasteiger partial charge in [0.25, 0.3) is 5.91 Å². The van der Waals surface area contributed by atoms with Crippen LogP contribution in [0.3, 0.4) is 0 Å². The van der Waals surface area contributed by atoms with Gasteiger partial charge in [-0.05, 0) is 37.3 Å². The molecule has 1 aromatic rings. The van der Waals surface area contributed by atoms with E-state index in [0.29, 0.717) is 12.1 Å². The lowest BCUT2D eigenvalue weighted by Crippen LogP contribution is -2.47. The van der Waals surface area contributed by atoms with Crippen molar-refractivity contribution < 1.29 is 18.7 Å². The lowest BCUT2D eigenvalue weighted by molar-refractivity contribution is -0.0581. The molecule has 2 saturated heterocycles. The quantitative estimate of drug-likeness (QED) is 0.912. The van der Waals surface area contributed by atoms with Gasteiger partial charge < -0.3 is 14.8 Å². The van der Waals surface area contributed by atoms with Gasteiger partial charge in [0.1, 0.15) is 0 Å². The number of hydrogen-bond acceptors (Lipinski definition) is 4. The van der Waals surface area contributed by atoms with Gasteiger partial charge in [0.05, 0.1) is 25.4 Å². The number of nitrogens with one attached hydrogen (secondary N) is 1. The molecule has 4 rings (SSSR count). The van der Waals surface area contributed by atoms with Crippen molar-refractivity contribution in [2.24, 2.45) is 5.92 Å². The number of hydrogen-bond donors (Lipinski definition) is 1. The number of benzene rings is 1. The summed E-state index contributed by atoms with van der Waals surface area (Å²) in [5.41, 5.74) is 0.0336. The van der Waals surface area contributed by atoms with Crippen molar-refractivity contribution in [3.05, 3.63) is 29.6 Å². The van der Waals surface area contributed by atoms with Crippen molar-refractivity contribution in [3.63, 3.8) is 0 Å². The molecule has 1 amide bonds. The third-order valence-electron chi connectivity index (χ3n) is 5.36. The Balaban J connectivity index is 1.39. The number of methoxy groups -OCH3 is 1. The fourth-order valence-electron chi connectivity index (χ4n) is 3.86. The van der Waals surface area contributed by atoms with Crippen LogP contribution in [-0.2, 0) is 4.74 Å². The first-order valence-corrected chi connectivity index (χ1v) is 8.64. The highest BCUT2D eigenvalue weighted by atomic mass is 19.1. The Labute approximate surface area is 141 Å². The van der Waals surface area contributed by atoms with E-state index < -0.39 is 5.82 Å².